The van der Waals surface area contributed by atoms with Crippen molar-refractivity contribution in [1.82, 2.24) is 0 Å². The number of carbonyl (C=O) groups is 1. The van der Waals surface area contributed by atoms with E-state index in [0.717, 1.165) is 35.4 Å². The molecular formula is C17H15F3N2O. The van der Waals surface area contributed by atoms with Crippen molar-refractivity contribution < 1.29 is 18.0 Å². The lowest BCUT2D eigenvalue weighted by Crippen LogP contribution is -2.24. The second kappa shape index (κ2) is 6.24. The number of amides is 1. The molecule has 0 spiro atoms. The maximum absolute atomic E-state index is 12.5. The van der Waals surface area contributed by atoms with Crippen LogP contribution in [0.15, 0.2) is 42.5 Å². The maximum atomic E-state index is 12.5. The molecule has 2 aromatic carbocycles. The number of alkyl halides is 3. The summed E-state index contributed by atoms with van der Waals surface area (Å²) in [7, 11) is 0. The second-order valence-electron chi connectivity index (χ2n) is 5.17. The van der Waals surface area contributed by atoms with Crippen LogP contribution in [0, 0.1) is 19.3 Å². The second-order valence-corrected chi connectivity index (χ2v) is 5.17. The maximum Gasteiger partial charge on any atom is 0.416 e. The van der Waals surface area contributed by atoms with E-state index in [1.54, 1.807) is 0 Å². The van der Waals surface area contributed by atoms with Crippen LogP contribution in [0.25, 0.3) is 0 Å². The monoisotopic (exact) mass is 320 g/mol. The summed E-state index contributed by atoms with van der Waals surface area (Å²) in [5, 5.41) is 10.5. The van der Waals surface area contributed by atoms with Crippen LogP contribution < -0.4 is 5.32 Å². The number of halogens is 3. The summed E-state index contributed by atoms with van der Waals surface area (Å²) in [4.78, 5) is 12.1. The number of hydrogen-bond acceptors (Lipinski definition) is 2. The van der Waals surface area contributed by atoms with E-state index in [-0.39, 0.29) is 11.3 Å². The summed E-state index contributed by atoms with van der Waals surface area (Å²) < 4.78 is 37.6. The van der Waals surface area contributed by atoms with Gasteiger partial charge >= 0.3 is 6.18 Å². The Morgan fingerprint density at radius 2 is 1.52 bits per heavy atom. The van der Waals surface area contributed by atoms with Gasteiger partial charge in [0, 0.05) is 11.3 Å². The van der Waals surface area contributed by atoms with E-state index in [2.05, 4.69) is 5.32 Å². The topological polar surface area (TPSA) is 53.0 Å². The van der Waals surface area contributed by atoms with E-state index in [4.69, 9.17) is 5.41 Å². The predicted octanol–water partition coefficient (Wildman–Crippen LogP) is 4.33. The molecule has 0 aromatic heterocycles. The number of aryl methyl sites for hydroxylation is 2. The average Bonchev–Trinajstić information content (AvgIpc) is 2.49. The van der Waals surface area contributed by atoms with Gasteiger partial charge in [0.15, 0.2) is 0 Å². The molecule has 0 radical (unpaired) electrons. The minimum atomic E-state index is -4.44. The fraction of sp³-hybridized carbons (Fsp3) is 0.176. The van der Waals surface area contributed by atoms with Gasteiger partial charge in [-0.05, 0) is 37.1 Å². The summed E-state index contributed by atoms with van der Waals surface area (Å²) in [6.45, 7) is 3.65. The van der Waals surface area contributed by atoms with Crippen LogP contribution in [0.3, 0.4) is 0 Å². The zero-order valence-corrected chi connectivity index (χ0v) is 12.6. The molecule has 0 aliphatic carbocycles. The van der Waals surface area contributed by atoms with Gasteiger partial charge in [0.1, 0.15) is 5.71 Å². The highest BCUT2D eigenvalue weighted by Crippen LogP contribution is 2.29. The summed E-state index contributed by atoms with van der Waals surface area (Å²) in [5.41, 5.74) is 1.22. The van der Waals surface area contributed by atoms with Crippen molar-refractivity contribution in [3.8, 4) is 0 Å². The number of nitrogens with one attached hydrogen (secondary N) is 2. The largest absolute Gasteiger partial charge is 0.416 e. The Morgan fingerprint density at radius 1 is 1.00 bits per heavy atom. The number of anilines is 1. The fourth-order valence-electron chi connectivity index (χ4n) is 2.14. The molecule has 0 aliphatic rings. The molecule has 0 saturated heterocycles. The first-order chi connectivity index (χ1) is 10.7. The number of benzene rings is 2. The first kappa shape index (κ1) is 16.7. The molecule has 23 heavy (non-hydrogen) atoms. The van der Waals surface area contributed by atoms with Gasteiger partial charge in [0.05, 0.1) is 5.56 Å². The van der Waals surface area contributed by atoms with E-state index in [0.29, 0.717) is 5.69 Å². The number of hydrogen-bond donors (Lipinski definition) is 2. The van der Waals surface area contributed by atoms with E-state index >= 15 is 0 Å². The smallest absolute Gasteiger partial charge is 0.320 e. The van der Waals surface area contributed by atoms with Gasteiger partial charge in [0.25, 0.3) is 5.91 Å². The van der Waals surface area contributed by atoms with Gasteiger partial charge < -0.3 is 5.32 Å². The van der Waals surface area contributed by atoms with Crippen molar-refractivity contribution in [2.75, 3.05) is 5.32 Å². The Balaban J connectivity index is 2.19. The SMILES string of the molecule is Cc1cccc(C)c1NC(=O)C(=N)c1ccc(C(F)(F)F)cc1. The van der Waals surface area contributed by atoms with Crippen LogP contribution in [0.1, 0.15) is 22.3 Å². The lowest BCUT2D eigenvalue weighted by Gasteiger charge is -2.12. The third-order valence-corrected chi connectivity index (χ3v) is 3.45. The predicted molar refractivity (Wildman–Crippen MR) is 82.8 cm³/mol. The zero-order valence-electron chi connectivity index (χ0n) is 12.6. The molecule has 3 nitrogen and oxygen atoms in total. The summed E-state index contributed by atoms with van der Waals surface area (Å²) in [5.74, 6) is -0.665. The summed E-state index contributed by atoms with van der Waals surface area (Å²) in [6.07, 6.45) is -4.44. The van der Waals surface area contributed by atoms with Crippen LogP contribution in [0.2, 0.25) is 0 Å². The van der Waals surface area contributed by atoms with Crippen LogP contribution in [-0.2, 0) is 11.0 Å². The van der Waals surface area contributed by atoms with Gasteiger partial charge in [-0.15, -0.1) is 0 Å². The molecule has 0 saturated carbocycles. The van der Waals surface area contributed by atoms with Crippen molar-refractivity contribution in [3.05, 3.63) is 64.7 Å². The molecule has 0 aliphatic heterocycles. The number of rotatable bonds is 3. The molecule has 0 heterocycles. The Hall–Kier alpha value is -2.63. The molecule has 0 atom stereocenters. The van der Waals surface area contributed by atoms with Crippen LogP contribution in [0.4, 0.5) is 18.9 Å². The minimum absolute atomic E-state index is 0.127. The summed E-state index contributed by atoms with van der Waals surface area (Å²) in [6, 6.07) is 9.45. The molecular weight excluding hydrogens is 305 g/mol. The lowest BCUT2D eigenvalue weighted by atomic mass is 10.1. The third kappa shape index (κ3) is 3.77. The van der Waals surface area contributed by atoms with E-state index in [1.807, 2.05) is 32.0 Å². The molecule has 2 aromatic rings. The molecule has 120 valence electrons. The third-order valence-electron chi connectivity index (χ3n) is 3.45. The lowest BCUT2D eigenvalue weighted by molar-refractivity contribution is -0.137. The Bertz CT molecular complexity index is 729. The van der Waals surface area contributed by atoms with Crippen molar-refractivity contribution >= 4 is 17.3 Å². The Morgan fingerprint density at radius 3 is 2.00 bits per heavy atom. The average molecular weight is 320 g/mol. The van der Waals surface area contributed by atoms with E-state index < -0.39 is 17.6 Å². The van der Waals surface area contributed by atoms with Gasteiger partial charge in [0.2, 0.25) is 0 Å². The highest BCUT2D eigenvalue weighted by atomic mass is 19.4. The molecule has 1 amide bonds. The summed E-state index contributed by atoms with van der Waals surface area (Å²) >= 11 is 0. The molecule has 2 N–H and O–H groups in total. The fourth-order valence-corrected chi connectivity index (χ4v) is 2.14. The van der Waals surface area contributed by atoms with Crippen LogP contribution in [0.5, 0.6) is 0 Å². The quantitative estimate of drug-likeness (QED) is 0.813. The first-order valence-corrected chi connectivity index (χ1v) is 6.84. The molecule has 0 bridgehead atoms. The minimum Gasteiger partial charge on any atom is -0.320 e. The van der Waals surface area contributed by atoms with Crippen molar-refractivity contribution in [2.24, 2.45) is 0 Å². The molecule has 2 rings (SSSR count). The number of para-hydroxylation sites is 1. The van der Waals surface area contributed by atoms with Crippen molar-refractivity contribution in [2.45, 2.75) is 20.0 Å². The first-order valence-electron chi connectivity index (χ1n) is 6.84. The molecule has 0 fully saturated rings. The van der Waals surface area contributed by atoms with Gasteiger partial charge in [-0.1, -0.05) is 30.3 Å². The normalized spacial score (nSPS) is 11.2. The highest BCUT2D eigenvalue weighted by Gasteiger charge is 2.30. The van der Waals surface area contributed by atoms with Gasteiger partial charge in [-0.3, -0.25) is 10.2 Å². The van der Waals surface area contributed by atoms with Crippen molar-refractivity contribution in [1.29, 1.82) is 5.41 Å². The van der Waals surface area contributed by atoms with E-state index in [9.17, 15) is 18.0 Å². The van der Waals surface area contributed by atoms with E-state index in [1.165, 1.54) is 0 Å². The Kier molecular flexibility index (Phi) is 4.54. The van der Waals surface area contributed by atoms with Crippen molar-refractivity contribution in [3.63, 3.8) is 0 Å². The Labute approximate surface area is 131 Å². The van der Waals surface area contributed by atoms with Crippen LogP contribution >= 0.6 is 0 Å². The van der Waals surface area contributed by atoms with Gasteiger partial charge in [-0.2, -0.15) is 13.2 Å². The highest BCUT2D eigenvalue weighted by molar-refractivity contribution is 6.47. The van der Waals surface area contributed by atoms with Crippen LogP contribution in [-0.4, -0.2) is 11.6 Å². The number of carbonyl (C=O) groups excluding carboxylic acids is 1. The zero-order chi connectivity index (χ0) is 17.2. The van der Waals surface area contributed by atoms with Gasteiger partial charge in [-0.25, -0.2) is 0 Å². The molecule has 6 heteroatoms. The standard InChI is InChI=1S/C17H15F3N2O/c1-10-4-3-5-11(2)15(10)22-16(23)14(21)12-6-8-13(9-7-12)17(18,19)20/h3-9,21H,1-2H3,(H,22,23). The molecule has 0 unspecified atom stereocenters.